The molecule has 0 saturated carbocycles. The molecule has 0 atom stereocenters. The molecular formula is C15H24N2O3. The molecule has 20 heavy (non-hydrogen) atoms. The molecule has 0 heterocycles. The van der Waals surface area contributed by atoms with Crippen molar-refractivity contribution < 1.29 is 14.6 Å². The largest absolute Gasteiger partial charge is 0.508 e. The third-order valence-electron chi connectivity index (χ3n) is 2.94. The van der Waals surface area contributed by atoms with Gasteiger partial charge in [0.15, 0.2) is 0 Å². The van der Waals surface area contributed by atoms with Gasteiger partial charge in [-0.25, -0.2) is 4.79 Å². The van der Waals surface area contributed by atoms with Gasteiger partial charge < -0.3 is 15.2 Å². The maximum absolute atomic E-state index is 11.7. The van der Waals surface area contributed by atoms with Crippen LogP contribution in [0.4, 0.5) is 10.5 Å². The molecule has 3 N–H and O–H groups in total. The SMILES string of the molecule is CNC(C)(C)c1ccc(NC(=O)OC(C)(C)C)cc1O. The van der Waals surface area contributed by atoms with E-state index in [4.69, 9.17) is 4.74 Å². The lowest BCUT2D eigenvalue weighted by molar-refractivity contribution is 0.0636. The van der Waals surface area contributed by atoms with Crippen molar-refractivity contribution in [2.24, 2.45) is 0 Å². The highest BCUT2D eigenvalue weighted by Crippen LogP contribution is 2.31. The summed E-state index contributed by atoms with van der Waals surface area (Å²) in [4.78, 5) is 11.7. The molecule has 1 rings (SSSR count). The normalized spacial score (nSPS) is 12.1. The number of hydrogen-bond donors (Lipinski definition) is 3. The molecule has 0 saturated heterocycles. The molecule has 0 aliphatic carbocycles. The van der Waals surface area contributed by atoms with E-state index in [0.29, 0.717) is 5.69 Å². The first-order valence-electron chi connectivity index (χ1n) is 6.57. The Bertz CT molecular complexity index is 490. The van der Waals surface area contributed by atoms with Crippen LogP contribution in [0.1, 0.15) is 40.2 Å². The zero-order valence-electron chi connectivity index (χ0n) is 13.0. The molecule has 1 amide bonds. The smallest absolute Gasteiger partial charge is 0.412 e. The quantitative estimate of drug-likeness (QED) is 0.795. The number of phenols is 1. The van der Waals surface area contributed by atoms with E-state index < -0.39 is 11.7 Å². The number of ether oxygens (including phenoxy) is 1. The van der Waals surface area contributed by atoms with Crippen molar-refractivity contribution in [1.29, 1.82) is 0 Å². The first-order valence-corrected chi connectivity index (χ1v) is 6.57. The number of aromatic hydroxyl groups is 1. The van der Waals surface area contributed by atoms with Crippen LogP contribution in [0.3, 0.4) is 0 Å². The van der Waals surface area contributed by atoms with Gasteiger partial charge in [0, 0.05) is 22.9 Å². The van der Waals surface area contributed by atoms with E-state index in [1.807, 2.05) is 20.9 Å². The molecule has 0 bridgehead atoms. The third kappa shape index (κ3) is 4.42. The van der Waals surface area contributed by atoms with Crippen molar-refractivity contribution in [3.8, 4) is 5.75 Å². The number of benzene rings is 1. The van der Waals surface area contributed by atoms with E-state index in [2.05, 4.69) is 10.6 Å². The monoisotopic (exact) mass is 280 g/mol. The molecule has 5 heteroatoms. The number of anilines is 1. The van der Waals surface area contributed by atoms with Crippen LogP contribution in [-0.4, -0.2) is 23.8 Å². The predicted molar refractivity (Wildman–Crippen MR) is 80.0 cm³/mol. The summed E-state index contributed by atoms with van der Waals surface area (Å²) in [5.74, 6) is 0.123. The highest BCUT2D eigenvalue weighted by molar-refractivity contribution is 5.85. The van der Waals surface area contributed by atoms with Gasteiger partial charge in [0.2, 0.25) is 0 Å². The van der Waals surface area contributed by atoms with Gasteiger partial charge in [-0.2, -0.15) is 0 Å². The maximum atomic E-state index is 11.7. The van der Waals surface area contributed by atoms with Gasteiger partial charge in [0.05, 0.1) is 0 Å². The summed E-state index contributed by atoms with van der Waals surface area (Å²) in [6, 6.07) is 5.02. The number of phenolic OH excluding ortho intramolecular Hbond substituents is 1. The summed E-state index contributed by atoms with van der Waals surface area (Å²) >= 11 is 0. The fraction of sp³-hybridized carbons (Fsp3) is 0.533. The van der Waals surface area contributed by atoms with Gasteiger partial charge in [-0.1, -0.05) is 6.07 Å². The number of hydrogen-bond acceptors (Lipinski definition) is 4. The van der Waals surface area contributed by atoms with Crippen molar-refractivity contribution in [1.82, 2.24) is 5.32 Å². The first kappa shape index (κ1) is 16.3. The van der Waals surface area contributed by atoms with Crippen molar-refractivity contribution >= 4 is 11.8 Å². The van der Waals surface area contributed by atoms with Crippen LogP contribution in [0.2, 0.25) is 0 Å². The highest BCUT2D eigenvalue weighted by Gasteiger charge is 2.22. The van der Waals surface area contributed by atoms with Crippen LogP contribution in [0, 0.1) is 0 Å². The van der Waals surface area contributed by atoms with Gasteiger partial charge in [-0.15, -0.1) is 0 Å². The topological polar surface area (TPSA) is 70.6 Å². The van der Waals surface area contributed by atoms with E-state index in [1.165, 1.54) is 6.07 Å². The standard InChI is InChI=1S/C15H24N2O3/c1-14(2,3)20-13(19)17-10-7-8-11(12(18)9-10)15(4,5)16-6/h7-9,16,18H,1-6H3,(H,17,19). The van der Waals surface area contributed by atoms with Crippen molar-refractivity contribution in [3.05, 3.63) is 23.8 Å². The second kappa shape index (κ2) is 5.71. The molecule has 0 aliphatic rings. The fourth-order valence-corrected chi connectivity index (χ4v) is 1.69. The first-order chi connectivity index (χ1) is 9.05. The summed E-state index contributed by atoms with van der Waals surface area (Å²) in [5, 5.41) is 15.8. The van der Waals surface area contributed by atoms with Crippen LogP contribution >= 0.6 is 0 Å². The number of nitrogens with one attached hydrogen (secondary N) is 2. The van der Waals surface area contributed by atoms with E-state index in [9.17, 15) is 9.90 Å². The van der Waals surface area contributed by atoms with E-state index in [1.54, 1.807) is 32.9 Å². The lowest BCUT2D eigenvalue weighted by Crippen LogP contribution is -2.33. The second-order valence-corrected chi connectivity index (χ2v) is 6.23. The Balaban J connectivity index is 2.86. The van der Waals surface area contributed by atoms with Crippen LogP contribution < -0.4 is 10.6 Å². The zero-order valence-corrected chi connectivity index (χ0v) is 13.0. The molecule has 0 spiro atoms. The van der Waals surface area contributed by atoms with Crippen molar-refractivity contribution in [3.63, 3.8) is 0 Å². The Morgan fingerprint density at radius 3 is 2.25 bits per heavy atom. The van der Waals surface area contributed by atoms with E-state index in [-0.39, 0.29) is 11.3 Å². The summed E-state index contributed by atoms with van der Waals surface area (Å²) in [6.07, 6.45) is -0.544. The van der Waals surface area contributed by atoms with Crippen LogP contribution in [0.25, 0.3) is 0 Å². The van der Waals surface area contributed by atoms with Crippen LogP contribution in [0.15, 0.2) is 18.2 Å². The Hall–Kier alpha value is -1.75. The average Bonchev–Trinajstić information content (AvgIpc) is 2.25. The molecule has 1 aromatic carbocycles. The molecule has 0 radical (unpaired) electrons. The zero-order chi connectivity index (χ0) is 15.6. The van der Waals surface area contributed by atoms with Gasteiger partial charge >= 0.3 is 6.09 Å². The van der Waals surface area contributed by atoms with Gasteiger partial charge in [0.1, 0.15) is 11.4 Å². The molecule has 112 valence electrons. The lowest BCUT2D eigenvalue weighted by Gasteiger charge is -2.26. The minimum absolute atomic E-state index is 0.123. The number of rotatable bonds is 3. The summed E-state index contributed by atoms with van der Waals surface area (Å²) in [6.45, 7) is 9.31. The third-order valence-corrected chi connectivity index (χ3v) is 2.94. The number of carbonyl (C=O) groups excluding carboxylic acids is 1. The Kier molecular flexibility index (Phi) is 4.65. The van der Waals surface area contributed by atoms with E-state index in [0.717, 1.165) is 5.56 Å². The molecule has 0 fully saturated rings. The van der Waals surface area contributed by atoms with Crippen molar-refractivity contribution in [2.75, 3.05) is 12.4 Å². The molecule has 0 aliphatic heterocycles. The molecule has 5 nitrogen and oxygen atoms in total. The van der Waals surface area contributed by atoms with Crippen LogP contribution in [-0.2, 0) is 10.3 Å². The molecular weight excluding hydrogens is 256 g/mol. The summed E-state index contributed by atoms with van der Waals surface area (Å²) < 4.78 is 5.16. The fourth-order valence-electron chi connectivity index (χ4n) is 1.69. The summed E-state index contributed by atoms with van der Waals surface area (Å²) in [5.41, 5.74) is 0.344. The Morgan fingerprint density at radius 2 is 1.80 bits per heavy atom. The minimum Gasteiger partial charge on any atom is -0.508 e. The van der Waals surface area contributed by atoms with Gasteiger partial charge in [0.25, 0.3) is 0 Å². The van der Waals surface area contributed by atoms with Gasteiger partial charge in [-0.3, -0.25) is 5.32 Å². The molecule has 1 aromatic rings. The predicted octanol–water partition coefficient (Wildman–Crippen LogP) is 3.19. The Labute approximate surface area is 120 Å². The van der Waals surface area contributed by atoms with Gasteiger partial charge in [-0.05, 0) is 47.7 Å². The number of carbonyl (C=O) groups is 1. The molecule has 0 unspecified atom stereocenters. The highest BCUT2D eigenvalue weighted by atomic mass is 16.6. The lowest BCUT2D eigenvalue weighted by atomic mass is 9.93. The van der Waals surface area contributed by atoms with Crippen LogP contribution in [0.5, 0.6) is 5.75 Å². The maximum Gasteiger partial charge on any atom is 0.412 e. The minimum atomic E-state index is -0.555. The molecule has 0 aromatic heterocycles. The average molecular weight is 280 g/mol. The number of amides is 1. The van der Waals surface area contributed by atoms with E-state index >= 15 is 0 Å². The second-order valence-electron chi connectivity index (χ2n) is 6.23. The summed E-state index contributed by atoms with van der Waals surface area (Å²) in [7, 11) is 1.83. The Morgan fingerprint density at radius 1 is 1.20 bits per heavy atom. The van der Waals surface area contributed by atoms with Crippen molar-refractivity contribution in [2.45, 2.75) is 45.8 Å².